The van der Waals surface area contributed by atoms with Crippen LogP contribution in [0.5, 0.6) is 0 Å². The molecular weight excluding hydrogens is 1540 g/mol. The van der Waals surface area contributed by atoms with E-state index in [1.54, 1.807) is 18.2 Å². The van der Waals surface area contributed by atoms with Crippen LogP contribution in [0.15, 0.2) is 109 Å². The highest BCUT2D eigenvalue weighted by Crippen LogP contribution is 2.38. The van der Waals surface area contributed by atoms with Crippen molar-refractivity contribution in [2.45, 2.75) is 126 Å². The smallest absolute Gasteiger partial charge is 0.264 e. The molecule has 40 nitrogen and oxygen atoms in total. The predicted octanol–water partition coefficient (Wildman–Crippen LogP) is -1.26. The molecule has 8 atom stereocenters. The maximum absolute atomic E-state index is 12.9. The van der Waals surface area contributed by atoms with E-state index in [1.807, 2.05) is 10.6 Å². The second-order valence-corrected chi connectivity index (χ2v) is 26.7. The zero-order chi connectivity index (χ0) is 98.2. The summed E-state index contributed by atoms with van der Waals surface area (Å²) < 4.78 is 119. The minimum Gasteiger partial charge on any atom is -0.398 e. The molecule has 22 amide bonds. The van der Waals surface area contributed by atoms with Crippen molar-refractivity contribution in [1.29, 1.82) is 0 Å². The van der Waals surface area contributed by atoms with Crippen molar-refractivity contribution in [3.63, 3.8) is 0 Å². The second kappa shape index (κ2) is 32.2. The number of imide groups is 10. The van der Waals surface area contributed by atoms with Gasteiger partial charge in [0.15, 0.2) is 0 Å². The molecule has 6 aromatic rings. The number of fused-ring (bicyclic) bond motifs is 6. The predicted molar refractivity (Wildman–Crippen MR) is 404 cm³/mol. The molecular formula is C78H70N18O22. The fourth-order valence-corrected chi connectivity index (χ4v) is 13.8. The molecule has 12 heterocycles. The number of carbonyl (C=O) groups excluding carboxylic acids is 22. The number of carbonyl (C=O) groups is 22. The van der Waals surface area contributed by atoms with E-state index in [-0.39, 0.29) is 153 Å². The Labute approximate surface area is 686 Å². The number of hydrogen-bond acceptors (Lipinski definition) is 28. The van der Waals surface area contributed by atoms with E-state index in [9.17, 15) is 105 Å². The topological polar surface area (TPSA) is 623 Å². The van der Waals surface area contributed by atoms with E-state index in [2.05, 4.69) is 16.0 Å². The molecule has 18 N–H and O–H groups in total. The van der Waals surface area contributed by atoms with Crippen LogP contribution in [0.2, 0.25) is 0 Å². The Balaban J connectivity index is 0.000000136. The minimum atomic E-state index is -3.58. The van der Waals surface area contributed by atoms with Crippen LogP contribution in [0.25, 0.3) is 0 Å². The van der Waals surface area contributed by atoms with E-state index < -0.39 is 245 Å². The number of nitrogens with zero attached hydrogens (tertiary/aromatic N) is 6. The van der Waals surface area contributed by atoms with Gasteiger partial charge in [0.05, 0.1) is 59.6 Å². The van der Waals surface area contributed by atoms with Crippen LogP contribution in [0, 0.1) is 0 Å². The Morgan fingerprint density at radius 1 is 0.297 bits per heavy atom. The van der Waals surface area contributed by atoms with Crippen molar-refractivity contribution in [2.24, 2.45) is 0 Å². The summed E-state index contributed by atoms with van der Waals surface area (Å²) in [5.74, 6) is -16.8. The lowest BCUT2D eigenvalue weighted by molar-refractivity contribution is -0.138. The molecule has 0 radical (unpaired) electrons. The van der Waals surface area contributed by atoms with Gasteiger partial charge < -0.3 is 44.2 Å². The summed E-state index contributed by atoms with van der Waals surface area (Å²) in [5, 5.41) is 11.9. The van der Waals surface area contributed by atoms with Crippen LogP contribution < -0.4 is 66.3 Å². The molecule has 0 spiro atoms. The largest absolute Gasteiger partial charge is 0.398 e. The van der Waals surface area contributed by atoms with Crippen molar-refractivity contribution in [3.8, 4) is 0 Å². The van der Waals surface area contributed by atoms with E-state index in [0.29, 0.717) is 9.80 Å². The van der Waals surface area contributed by atoms with Crippen molar-refractivity contribution in [1.82, 2.24) is 61.3 Å². The lowest BCUT2D eigenvalue weighted by Crippen LogP contribution is -2.54. The SMILES string of the molecule is Nc1cccc2c1C(=O)N(C1CCC(=O)NC1=O)C2=O.Nc1cccc2c1C(=O)N([C@@H]1CCC(=O)NC1=O)C2=O.Nc1cccc2c1C(=O)N([C@H]1CCC(=O)NC1=O)C2=O.[2H]C1(N2C(=O)c3cccc(N)c3C2=O)CCC(=O)NC1=O.[2H]c1c([2H])c(N)c2c(c1[2H])C(=O)N(C1([2H])C(=O)NC(=O)C([2H])([2H])C1([2H])[2H])C2[2H].[2H]c1c([2H])c(N)c2c(c1[2H])C(=O)N(C1([2H])CCC(=O)NC1=O)C2[2H]. The van der Waals surface area contributed by atoms with Crippen molar-refractivity contribution >= 4 is 164 Å². The highest BCUT2D eigenvalue weighted by atomic mass is 16.2. The number of piperidine rings is 6. The average molecular weight is 1630 g/mol. The molecule has 12 aliphatic rings. The normalized spacial score (nSPS) is 27.9. The Bertz CT molecular complexity index is 6190. The number of nitrogens with two attached hydrogens (primary N) is 6. The molecule has 0 bridgehead atoms. The number of nitrogens with one attached hydrogen (secondary N) is 6. The molecule has 12 aliphatic heterocycles. The van der Waals surface area contributed by atoms with E-state index in [0.717, 1.165) is 14.7 Å². The molecule has 18 rings (SSSR count). The molecule has 6 unspecified atom stereocenters. The van der Waals surface area contributed by atoms with Crippen LogP contribution in [-0.2, 0) is 70.6 Å². The zero-order valence-electron chi connectivity index (χ0n) is 75.5. The Kier molecular flexibility index (Phi) is 17.1. The third kappa shape index (κ3) is 14.9. The summed E-state index contributed by atoms with van der Waals surface area (Å²) in [4.78, 5) is 268. The van der Waals surface area contributed by atoms with Crippen LogP contribution in [0.4, 0.5) is 34.1 Å². The molecule has 0 aliphatic carbocycles. The average Bonchev–Trinajstić information content (AvgIpc) is 1.61. The number of amides is 22. The van der Waals surface area contributed by atoms with Gasteiger partial charge in [0.2, 0.25) is 70.9 Å². The molecule has 6 saturated heterocycles. The monoisotopic (exact) mass is 1630 g/mol. The summed E-state index contributed by atoms with van der Waals surface area (Å²) in [7, 11) is 0. The van der Waals surface area contributed by atoms with Gasteiger partial charge in [0, 0.05) is 113 Å². The fraction of sp³-hybridized carbons (Fsp3) is 0.256. The molecule has 40 heteroatoms. The third-order valence-electron chi connectivity index (χ3n) is 19.5. The fourth-order valence-electron chi connectivity index (χ4n) is 13.8. The van der Waals surface area contributed by atoms with Gasteiger partial charge in [-0.05, 0) is 111 Å². The van der Waals surface area contributed by atoms with Crippen LogP contribution >= 0.6 is 0 Å². The summed E-state index contributed by atoms with van der Waals surface area (Å²) >= 11 is 0. The highest BCUT2D eigenvalue weighted by Gasteiger charge is 2.51. The standard InChI is InChI=1S/4C13H11N3O4.2C13H13N3O3/c4*14-7-3-1-2-6-10(7)13(20)16(12(6)19)8-4-5-9(17)15-11(8)18;2*14-9-3-1-2-7-8(9)6-16(13(7)19)10-4-5-11(17)15-12(10)18/h4*1-3,8H,4-5,14H2,(H,15,17,18);2*1-3,10H,4-6,14H2,(H,15,17,18)/t2*8-;;;;/m10..../s1/i;;8D;;1D,2D,3D,4D2,5D2,6D,10D;1D,2D,3D,6D,10D. The number of nitrogen functional groups attached to an aromatic ring is 6. The van der Waals surface area contributed by atoms with Crippen molar-refractivity contribution in [3.05, 3.63) is 176 Å². The van der Waals surface area contributed by atoms with Gasteiger partial charge >= 0.3 is 0 Å². The van der Waals surface area contributed by atoms with E-state index in [1.165, 1.54) is 59.9 Å². The lowest BCUT2D eigenvalue weighted by Gasteiger charge is -2.29. The first-order chi connectivity index (χ1) is 62.1. The van der Waals surface area contributed by atoms with Crippen LogP contribution in [0.1, 0.15) is 212 Å². The molecule has 0 saturated carbocycles. The van der Waals surface area contributed by atoms with E-state index >= 15 is 0 Å². The first-order valence-electron chi connectivity index (χ1n) is 42.7. The molecule has 6 fully saturated rings. The van der Waals surface area contributed by atoms with Gasteiger partial charge in [0.25, 0.3) is 59.1 Å². The van der Waals surface area contributed by atoms with Crippen molar-refractivity contribution in [2.75, 3.05) is 34.4 Å². The number of benzene rings is 6. The zero-order valence-corrected chi connectivity index (χ0v) is 60.5. The maximum Gasteiger partial charge on any atom is 0.264 e. The molecule has 0 aromatic heterocycles. The minimum absolute atomic E-state index is 0.00109. The van der Waals surface area contributed by atoms with Gasteiger partial charge in [-0.2, -0.15) is 0 Å². The molecule has 118 heavy (non-hydrogen) atoms. The van der Waals surface area contributed by atoms with Gasteiger partial charge in [0.1, 0.15) is 36.2 Å². The first-order valence-corrected chi connectivity index (χ1v) is 35.0. The van der Waals surface area contributed by atoms with Crippen LogP contribution in [0.3, 0.4) is 0 Å². The molecule has 6 aromatic carbocycles. The van der Waals surface area contributed by atoms with Gasteiger partial charge in [-0.1, -0.05) is 36.4 Å². The summed E-state index contributed by atoms with van der Waals surface area (Å²) in [6.07, 6.45) is -7.10. The Hall–Kier alpha value is -15.5. The maximum atomic E-state index is 12.9. The molecule has 604 valence electrons. The van der Waals surface area contributed by atoms with Gasteiger partial charge in [-0.25, -0.2) is 0 Å². The summed E-state index contributed by atoms with van der Waals surface area (Å²) in [6, 6.07) is 3.81. The quantitative estimate of drug-likeness (QED) is 0.0684. The Morgan fingerprint density at radius 2 is 0.576 bits per heavy atom. The highest BCUT2D eigenvalue weighted by molar-refractivity contribution is 6.29. The number of hydrogen-bond donors (Lipinski definition) is 12. The van der Waals surface area contributed by atoms with Gasteiger partial charge in [-0.3, -0.25) is 157 Å². The van der Waals surface area contributed by atoms with Crippen LogP contribution in [-0.4, -0.2) is 196 Å². The second-order valence-electron chi connectivity index (χ2n) is 26.7. The van der Waals surface area contributed by atoms with Crippen molar-refractivity contribution < 1.29 is 126 Å². The summed E-state index contributed by atoms with van der Waals surface area (Å²) in [6.45, 7) is -3.61. The third-order valence-corrected chi connectivity index (χ3v) is 19.5. The Morgan fingerprint density at radius 3 is 0.898 bits per heavy atom. The lowest BCUT2D eigenvalue weighted by atomic mass is 10.0. The van der Waals surface area contributed by atoms with E-state index in [4.69, 9.17) is 55.0 Å². The first kappa shape index (κ1) is 62.9. The van der Waals surface area contributed by atoms with Gasteiger partial charge in [-0.15, -0.1) is 0 Å². The summed E-state index contributed by atoms with van der Waals surface area (Å²) in [5.41, 5.74) is 33.6. The number of rotatable bonds is 6. The number of anilines is 6.